The lowest BCUT2D eigenvalue weighted by atomic mass is 9.87. The van der Waals surface area contributed by atoms with E-state index >= 15 is 0 Å². The lowest BCUT2D eigenvalue weighted by Gasteiger charge is -2.37. The molecule has 0 amide bonds. The minimum Gasteiger partial charge on any atom is -0.381 e. The van der Waals surface area contributed by atoms with Crippen LogP contribution >= 0.6 is 11.8 Å². The van der Waals surface area contributed by atoms with E-state index in [2.05, 4.69) is 30.9 Å². The molecule has 3 unspecified atom stereocenters. The van der Waals surface area contributed by atoms with E-state index < -0.39 is 0 Å². The average Bonchev–Trinajstić information content (AvgIpc) is 2.39. The van der Waals surface area contributed by atoms with E-state index in [0.29, 0.717) is 0 Å². The van der Waals surface area contributed by atoms with Crippen molar-refractivity contribution in [3.05, 3.63) is 0 Å². The van der Waals surface area contributed by atoms with Crippen LogP contribution in [0.2, 0.25) is 0 Å². The molecule has 2 fully saturated rings. The van der Waals surface area contributed by atoms with Crippen LogP contribution in [0, 0.1) is 5.92 Å². The molecule has 1 aliphatic heterocycles. The van der Waals surface area contributed by atoms with Crippen molar-refractivity contribution in [3.8, 4) is 0 Å². The molecule has 0 radical (unpaired) electrons. The molecule has 1 aliphatic carbocycles. The highest BCUT2D eigenvalue weighted by Gasteiger charge is 2.31. The van der Waals surface area contributed by atoms with Crippen molar-refractivity contribution in [2.75, 3.05) is 19.8 Å². The third-order valence-electron chi connectivity index (χ3n) is 4.25. The molecule has 3 heteroatoms. The number of thioether (sulfide) groups is 1. The zero-order chi connectivity index (χ0) is 12.8. The number of hydrogen-bond acceptors (Lipinski definition) is 3. The van der Waals surface area contributed by atoms with Crippen LogP contribution in [-0.2, 0) is 4.74 Å². The van der Waals surface area contributed by atoms with E-state index in [1.807, 2.05) is 0 Å². The Balaban J connectivity index is 1.83. The third-order valence-corrected chi connectivity index (χ3v) is 5.97. The highest BCUT2D eigenvalue weighted by Crippen LogP contribution is 2.37. The van der Waals surface area contributed by atoms with Gasteiger partial charge < -0.3 is 10.1 Å². The van der Waals surface area contributed by atoms with E-state index in [4.69, 9.17) is 4.74 Å². The van der Waals surface area contributed by atoms with Gasteiger partial charge in [-0.3, -0.25) is 0 Å². The van der Waals surface area contributed by atoms with E-state index in [-0.39, 0.29) is 0 Å². The minimum absolute atomic E-state index is 0.758. The van der Waals surface area contributed by atoms with Crippen molar-refractivity contribution in [3.63, 3.8) is 0 Å². The number of hydrogen-bond donors (Lipinski definition) is 1. The van der Waals surface area contributed by atoms with Gasteiger partial charge in [-0.1, -0.05) is 13.8 Å². The summed E-state index contributed by atoms with van der Waals surface area (Å²) in [7, 11) is 0. The molecule has 1 saturated heterocycles. The summed E-state index contributed by atoms with van der Waals surface area (Å²) < 4.78 is 5.47. The van der Waals surface area contributed by atoms with Crippen LogP contribution in [0.3, 0.4) is 0 Å². The largest absolute Gasteiger partial charge is 0.381 e. The Morgan fingerprint density at radius 3 is 2.67 bits per heavy atom. The zero-order valence-corrected chi connectivity index (χ0v) is 12.8. The number of nitrogens with one attached hydrogen (secondary N) is 1. The van der Waals surface area contributed by atoms with Gasteiger partial charge in [-0.05, 0) is 51.0 Å². The smallest absolute Gasteiger partial charge is 0.0476 e. The second-order valence-corrected chi connectivity index (χ2v) is 7.51. The molecular weight excluding hydrogens is 242 g/mol. The Kier molecular flexibility index (Phi) is 6.33. The molecular formula is C15H29NOS. The Labute approximate surface area is 117 Å². The van der Waals surface area contributed by atoms with Crippen LogP contribution in [0.4, 0.5) is 0 Å². The van der Waals surface area contributed by atoms with Crippen LogP contribution in [0.5, 0.6) is 0 Å². The van der Waals surface area contributed by atoms with Crippen molar-refractivity contribution in [1.29, 1.82) is 0 Å². The minimum atomic E-state index is 0.758. The van der Waals surface area contributed by atoms with Gasteiger partial charge in [0.25, 0.3) is 0 Å². The maximum atomic E-state index is 5.47. The monoisotopic (exact) mass is 271 g/mol. The Morgan fingerprint density at radius 2 is 1.94 bits per heavy atom. The second kappa shape index (κ2) is 7.76. The maximum Gasteiger partial charge on any atom is 0.0476 e. The Hall–Kier alpha value is 0.270. The average molecular weight is 271 g/mol. The molecule has 18 heavy (non-hydrogen) atoms. The van der Waals surface area contributed by atoms with Gasteiger partial charge in [0.05, 0.1) is 0 Å². The lowest BCUT2D eigenvalue weighted by molar-refractivity contribution is 0.0998. The summed E-state index contributed by atoms with van der Waals surface area (Å²) >= 11 is 2.26. The molecule has 3 atom stereocenters. The normalized spacial score (nSPS) is 34.7. The zero-order valence-electron chi connectivity index (χ0n) is 12.0. The molecule has 0 spiro atoms. The highest BCUT2D eigenvalue weighted by atomic mass is 32.2. The van der Waals surface area contributed by atoms with E-state index in [9.17, 15) is 0 Å². The molecule has 0 aromatic carbocycles. The quantitative estimate of drug-likeness (QED) is 0.827. The van der Waals surface area contributed by atoms with Crippen LogP contribution in [0.25, 0.3) is 0 Å². The molecule has 0 bridgehead atoms. The van der Waals surface area contributed by atoms with Crippen molar-refractivity contribution in [1.82, 2.24) is 5.32 Å². The lowest BCUT2D eigenvalue weighted by Crippen LogP contribution is -2.43. The van der Waals surface area contributed by atoms with E-state index in [0.717, 1.165) is 35.7 Å². The summed E-state index contributed by atoms with van der Waals surface area (Å²) in [6.07, 6.45) is 7.96. The molecule has 106 valence electrons. The Bertz CT molecular complexity index is 229. The fourth-order valence-electron chi connectivity index (χ4n) is 3.10. The predicted octanol–water partition coefficient (Wildman–Crippen LogP) is 3.46. The summed E-state index contributed by atoms with van der Waals surface area (Å²) in [6, 6.07) is 0.758. The standard InChI is InChI=1S/C15H29NOS/c1-3-8-16-14-5-4-12(2)11-15(14)18-13-6-9-17-10-7-13/h12-16H,3-11H2,1-2H3. The topological polar surface area (TPSA) is 21.3 Å². The van der Waals surface area contributed by atoms with Crippen molar-refractivity contribution < 1.29 is 4.74 Å². The van der Waals surface area contributed by atoms with Gasteiger partial charge in [0, 0.05) is 29.8 Å². The Morgan fingerprint density at radius 1 is 1.17 bits per heavy atom. The molecule has 0 aromatic heterocycles. The van der Waals surface area contributed by atoms with Crippen LogP contribution < -0.4 is 5.32 Å². The first kappa shape index (κ1) is 14.7. The molecule has 2 rings (SSSR count). The van der Waals surface area contributed by atoms with Crippen LogP contribution in [0.1, 0.15) is 52.4 Å². The van der Waals surface area contributed by atoms with Gasteiger partial charge in [-0.25, -0.2) is 0 Å². The van der Waals surface area contributed by atoms with Crippen molar-refractivity contribution in [2.45, 2.75) is 68.9 Å². The van der Waals surface area contributed by atoms with Gasteiger partial charge in [0.1, 0.15) is 0 Å². The van der Waals surface area contributed by atoms with Crippen LogP contribution in [-0.4, -0.2) is 36.3 Å². The second-order valence-electron chi connectivity index (χ2n) is 5.97. The van der Waals surface area contributed by atoms with Gasteiger partial charge in [-0.2, -0.15) is 11.8 Å². The third kappa shape index (κ3) is 4.43. The fourth-order valence-corrected chi connectivity index (χ4v) is 4.92. The summed E-state index contributed by atoms with van der Waals surface area (Å²) in [6.45, 7) is 7.83. The summed E-state index contributed by atoms with van der Waals surface area (Å²) in [4.78, 5) is 0. The SMILES string of the molecule is CCCNC1CCC(C)CC1SC1CCOCC1. The number of rotatable bonds is 5. The molecule has 0 aromatic rings. The summed E-state index contributed by atoms with van der Waals surface area (Å²) in [5.41, 5.74) is 0. The van der Waals surface area contributed by atoms with E-state index in [1.165, 1.54) is 45.1 Å². The van der Waals surface area contributed by atoms with Gasteiger partial charge >= 0.3 is 0 Å². The van der Waals surface area contributed by atoms with Gasteiger partial charge in [0.2, 0.25) is 0 Å². The molecule has 1 heterocycles. The molecule has 2 nitrogen and oxygen atoms in total. The van der Waals surface area contributed by atoms with Gasteiger partial charge in [0.15, 0.2) is 0 Å². The summed E-state index contributed by atoms with van der Waals surface area (Å²) in [5.74, 6) is 0.919. The summed E-state index contributed by atoms with van der Waals surface area (Å²) in [5, 5.41) is 5.46. The first-order valence-electron chi connectivity index (χ1n) is 7.76. The fraction of sp³-hybridized carbons (Fsp3) is 1.00. The van der Waals surface area contributed by atoms with Gasteiger partial charge in [-0.15, -0.1) is 0 Å². The predicted molar refractivity (Wildman–Crippen MR) is 80.3 cm³/mol. The molecule has 1 N–H and O–H groups in total. The first-order chi connectivity index (χ1) is 8.79. The van der Waals surface area contributed by atoms with Crippen molar-refractivity contribution in [2.24, 2.45) is 5.92 Å². The maximum absolute atomic E-state index is 5.47. The van der Waals surface area contributed by atoms with Crippen LogP contribution in [0.15, 0.2) is 0 Å². The molecule has 2 aliphatic rings. The first-order valence-corrected chi connectivity index (χ1v) is 8.70. The van der Waals surface area contributed by atoms with E-state index in [1.54, 1.807) is 0 Å². The highest BCUT2D eigenvalue weighted by molar-refractivity contribution is 8.00. The van der Waals surface area contributed by atoms with Crippen molar-refractivity contribution >= 4 is 11.8 Å². The molecule has 1 saturated carbocycles. The number of ether oxygens (including phenoxy) is 1.